The molecule has 0 unspecified atom stereocenters. The number of fused-ring (bicyclic) bond motifs is 1. The highest BCUT2D eigenvalue weighted by Crippen LogP contribution is 2.13. The molecule has 8 heteroatoms. The Balaban J connectivity index is 1.55. The SMILES string of the molecule is CN(C(=O)CNCCc1nc2ccc(F)cc2c(=O)[nH]1)c1cccc(F)c1. The fourth-order valence-corrected chi connectivity index (χ4v) is 2.63. The maximum atomic E-state index is 13.2. The van der Waals surface area contributed by atoms with Crippen LogP contribution in [0.15, 0.2) is 47.3 Å². The van der Waals surface area contributed by atoms with E-state index in [2.05, 4.69) is 15.3 Å². The predicted octanol–water partition coefficient (Wildman–Crippen LogP) is 2.00. The second-order valence-corrected chi connectivity index (χ2v) is 6.03. The lowest BCUT2D eigenvalue weighted by Gasteiger charge is -2.17. The number of aromatic nitrogens is 2. The second-order valence-electron chi connectivity index (χ2n) is 6.03. The zero-order valence-electron chi connectivity index (χ0n) is 14.6. The first kappa shape index (κ1) is 18.7. The fourth-order valence-electron chi connectivity index (χ4n) is 2.63. The number of hydrogen-bond acceptors (Lipinski definition) is 4. The summed E-state index contributed by atoms with van der Waals surface area (Å²) in [6.45, 7) is 0.453. The number of halogens is 2. The lowest BCUT2D eigenvalue weighted by atomic mass is 10.2. The highest BCUT2D eigenvalue weighted by Gasteiger charge is 2.11. The van der Waals surface area contributed by atoms with Crippen LogP contribution in [-0.4, -0.2) is 36.0 Å². The number of aromatic amines is 1. The number of rotatable bonds is 6. The van der Waals surface area contributed by atoms with Crippen LogP contribution in [0, 0.1) is 11.6 Å². The predicted molar refractivity (Wildman–Crippen MR) is 98.7 cm³/mol. The van der Waals surface area contributed by atoms with Crippen molar-refractivity contribution in [2.75, 3.05) is 25.0 Å². The average molecular weight is 372 g/mol. The third-order valence-corrected chi connectivity index (χ3v) is 4.10. The Labute approximate surface area is 153 Å². The minimum atomic E-state index is -0.495. The molecule has 0 bridgehead atoms. The van der Waals surface area contributed by atoms with Crippen LogP contribution in [0.25, 0.3) is 10.9 Å². The first-order chi connectivity index (χ1) is 12.9. The molecular formula is C19H18F2N4O2. The molecule has 3 rings (SSSR count). The number of carbonyl (C=O) groups excluding carboxylic acids is 1. The van der Waals surface area contributed by atoms with E-state index in [1.807, 2.05) is 0 Å². The molecule has 0 aliphatic rings. The van der Waals surface area contributed by atoms with Gasteiger partial charge in [-0.05, 0) is 36.4 Å². The third-order valence-electron chi connectivity index (χ3n) is 4.10. The molecule has 140 valence electrons. The van der Waals surface area contributed by atoms with Gasteiger partial charge in [-0.2, -0.15) is 0 Å². The molecule has 0 fully saturated rings. The van der Waals surface area contributed by atoms with Crippen LogP contribution >= 0.6 is 0 Å². The van der Waals surface area contributed by atoms with Crippen molar-refractivity contribution >= 4 is 22.5 Å². The number of nitrogens with zero attached hydrogens (tertiary/aromatic N) is 2. The van der Waals surface area contributed by atoms with Crippen molar-refractivity contribution in [2.45, 2.75) is 6.42 Å². The Morgan fingerprint density at radius 1 is 1.19 bits per heavy atom. The highest BCUT2D eigenvalue weighted by atomic mass is 19.1. The van der Waals surface area contributed by atoms with Crippen molar-refractivity contribution in [3.05, 3.63) is 70.3 Å². The average Bonchev–Trinajstić information content (AvgIpc) is 2.65. The van der Waals surface area contributed by atoms with Gasteiger partial charge in [-0.1, -0.05) is 6.07 Å². The smallest absolute Gasteiger partial charge is 0.258 e. The van der Waals surface area contributed by atoms with Gasteiger partial charge in [-0.3, -0.25) is 9.59 Å². The molecule has 3 aromatic rings. The highest BCUT2D eigenvalue weighted by molar-refractivity contribution is 5.94. The zero-order chi connectivity index (χ0) is 19.4. The molecular weight excluding hydrogens is 354 g/mol. The summed E-state index contributed by atoms with van der Waals surface area (Å²) in [7, 11) is 1.57. The molecule has 6 nitrogen and oxygen atoms in total. The minimum absolute atomic E-state index is 0.0516. The summed E-state index contributed by atoms with van der Waals surface area (Å²) in [6.07, 6.45) is 0.388. The van der Waals surface area contributed by atoms with Gasteiger partial charge in [0.05, 0.1) is 17.4 Å². The van der Waals surface area contributed by atoms with Crippen LogP contribution in [-0.2, 0) is 11.2 Å². The number of benzene rings is 2. The lowest BCUT2D eigenvalue weighted by Crippen LogP contribution is -2.36. The number of carbonyl (C=O) groups is 1. The van der Waals surface area contributed by atoms with Gasteiger partial charge < -0.3 is 15.2 Å². The van der Waals surface area contributed by atoms with Crippen molar-refractivity contribution < 1.29 is 13.6 Å². The molecule has 0 aliphatic carbocycles. The van der Waals surface area contributed by atoms with Crippen molar-refractivity contribution in [3.8, 4) is 0 Å². The van der Waals surface area contributed by atoms with Crippen molar-refractivity contribution in [1.82, 2.24) is 15.3 Å². The number of nitrogens with one attached hydrogen (secondary N) is 2. The molecule has 2 aromatic carbocycles. The van der Waals surface area contributed by atoms with E-state index in [1.165, 1.54) is 35.2 Å². The van der Waals surface area contributed by atoms with Gasteiger partial charge in [-0.15, -0.1) is 0 Å². The normalized spacial score (nSPS) is 10.9. The molecule has 0 aliphatic heterocycles. The first-order valence-electron chi connectivity index (χ1n) is 8.35. The van der Waals surface area contributed by atoms with Gasteiger partial charge in [0.2, 0.25) is 5.91 Å². The number of H-pyrrole nitrogens is 1. The van der Waals surface area contributed by atoms with E-state index in [9.17, 15) is 18.4 Å². The summed E-state index contributed by atoms with van der Waals surface area (Å²) in [6, 6.07) is 9.62. The van der Waals surface area contributed by atoms with Crippen LogP contribution in [0.1, 0.15) is 5.82 Å². The third kappa shape index (κ3) is 4.53. The van der Waals surface area contributed by atoms with Gasteiger partial charge in [0.15, 0.2) is 0 Å². The Bertz CT molecular complexity index is 1040. The van der Waals surface area contributed by atoms with Crippen molar-refractivity contribution in [2.24, 2.45) is 0 Å². The number of anilines is 1. The largest absolute Gasteiger partial charge is 0.314 e. The number of likely N-dealkylation sites (N-methyl/N-ethyl adjacent to an activating group) is 1. The molecule has 27 heavy (non-hydrogen) atoms. The number of hydrogen-bond donors (Lipinski definition) is 2. The molecule has 0 saturated heterocycles. The van der Waals surface area contributed by atoms with Crippen LogP contribution in [0.5, 0.6) is 0 Å². The van der Waals surface area contributed by atoms with Gasteiger partial charge in [0, 0.05) is 25.7 Å². The summed E-state index contributed by atoms with van der Waals surface area (Å²) >= 11 is 0. The van der Waals surface area contributed by atoms with E-state index in [0.717, 1.165) is 6.07 Å². The van der Waals surface area contributed by atoms with Gasteiger partial charge >= 0.3 is 0 Å². The van der Waals surface area contributed by atoms with E-state index >= 15 is 0 Å². The van der Waals surface area contributed by atoms with Gasteiger partial charge in [0.25, 0.3) is 5.56 Å². The standard InChI is InChI=1S/C19H18F2N4O2/c1-25(14-4-2-3-12(20)9-14)18(26)11-22-8-7-17-23-16-6-5-13(21)10-15(16)19(27)24-17/h2-6,9-10,22H,7-8,11H2,1H3,(H,23,24,27). The molecule has 1 amide bonds. The molecule has 0 atom stereocenters. The summed E-state index contributed by atoms with van der Waals surface area (Å²) in [5.74, 6) is -0.690. The Morgan fingerprint density at radius 2 is 1.96 bits per heavy atom. The quantitative estimate of drug-likeness (QED) is 0.649. The summed E-state index contributed by atoms with van der Waals surface area (Å²) < 4.78 is 26.4. The van der Waals surface area contributed by atoms with E-state index in [0.29, 0.717) is 30.0 Å². The lowest BCUT2D eigenvalue weighted by molar-refractivity contribution is -0.117. The Hall–Kier alpha value is -3.13. The van der Waals surface area contributed by atoms with Crippen molar-refractivity contribution in [1.29, 1.82) is 0 Å². The summed E-state index contributed by atoms with van der Waals surface area (Å²) in [5.41, 5.74) is 0.475. The van der Waals surface area contributed by atoms with Gasteiger partial charge in [0.1, 0.15) is 17.5 Å². The number of amides is 1. The molecule has 0 spiro atoms. The molecule has 0 radical (unpaired) electrons. The first-order valence-corrected chi connectivity index (χ1v) is 8.35. The molecule has 1 aromatic heterocycles. The monoisotopic (exact) mass is 372 g/mol. The molecule has 1 heterocycles. The topological polar surface area (TPSA) is 78.1 Å². The van der Waals surface area contributed by atoms with E-state index in [-0.39, 0.29) is 17.8 Å². The van der Waals surface area contributed by atoms with Crippen LogP contribution in [0.4, 0.5) is 14.5 Å². The summed E-state index contributed by atoms with van der Waals surface area (Å²) in [5, 5.41) is 3.16. The van der Waals surface area contributed by atoms with E-state index in [4.69, 9.17) is 0 Å². The fraction of sp³-hybridized carbons (Fsp3) is 0.211. The van der Waals surface area contributed by atoms with Crippen LogP contribution < -0.4 is 15.8 Å². The van der Waals surface area contributed by atoms with E-state index in [1.54, 1.807) is 13.1 Å². The van der Waals surface area contributed by atoms with Gasteiger partial charge in [-0.25, -0.2) is 13.8 Å². The zero-order valence-corrected chi connectivity index (χ0v) is 14.6. The van der Waals surface area contributed by atoms with Crippen LogP contribution in [0.3, 0.4) is 0 Å². The van der Waals surface area contributed by atoms with Crippen LogP contribution in [0.2, 0.25) is 0 Å². The van der Waals surface area contributed by atoms with Crippen molar-refractivity contribution in [3.63, 3.8) is 0 Å². The maximum absolute atomic E-state index is 13.2. The molecule has 0 saturated carbocycles. The molecule has 2 N–H and O–H groups in total. The maximum Gasteiger partial charge on any atom is 0.258 e. The second kappa shape index (κ2) is 8.05. The Morgan fingerprint density at radius 3 is 2.74 bits per heavy atom. The minimum Gasteiger partial charge on any atom is -0.314 e. The summed E-state index contributed by atoms with van der Waals surface area (Å²) in [4.78, 5) is 32.4. The Kier molecular flexibility index (Phi) is 5.56. The van der Waals surface area contributed by atoms with E-state index < -0.39 is 17.2 Å².